The maximum absolute atomic E-state index is 14.1. The number of hydrogen-bond donors (Lipinski definition) is 0. The van der Waals surface area contributed by atoms with E-state index < -0.39 is 11.6 Å². The molecule has 0 aliphatic heterocycles. The molecule has 0 bridgehead atoms. The van der Waals surface area contributed by atoms with Gasteiger partial charge in [0.25, 0.3) is 0 Å². The van der Waals surface area contributed by atoms with Gasteiger partial charge in [-0.3, -0.25) is 4.57 Å². The summed E-state index contributed by atoms with van der Waals surface area (Å²) in [6.45, 7) is 1.99. The zero-order chi connectivity index (χ0) is 20.4. The lowest BCUT2D eigenvalue weighted by Gasteiger charge is -2.13. The molecule has 1 heterocycles. The SMILES string of the molecule is Cc1ccccc1-n1c(SCc2cccc(F)c2F)nnc1-c1ccccc1Cl. The molecule has 146 valence electrons. The lowest BCUT2D eigenvalue weighted by molar-refractivity contribution is 0.502. The Kier molecular flexibility index (Phi) is 5.65. The van der Waals surface area contributed by atoms with E-state index in [2.05, 4.69) is 10.2 Å². The molecular weight excluding hydrogens is 412 g/mol. The molecule has 0 saturated carbocycles. The van der Waals surface area contributed by atoms with Gasteiger partial charge in [0, 0.05) is 16.9 Å². The third-order valence-electron chi connectivity index (χ3n) is 4.49. The van der Waals surface area contributed by atoms with Crippen molar-refractivity contribution in [3.8, 4) is 17.1 Å². The van der Waals surface area contributed by atoms with Crippen LogP contribution in [0, 0.1) is 18.6 Å². The van der Waals surface area contributed by atoms with E-state index >= 15 is 0 Å². The molecule has 3 aromatic carbocycles. The highest BCUT2D eigenvalue weighted by Crippen LogP contribution is 2.34. The Morgan fingerprint density at radius 1 is 0.931 bits per heavy atom. The maximum atomic E-state index is 14.1. The summed E-state index contributed by atoms with van der Waals surface area (Å²) in [7, 11) is 0. The number of halogens is 3. The molecule has 0 N–H and O–H groups in total. The number of benzene rings is 3. The normalized spacial score (nSPS) is 11.0. The predicted octanol–water partition coefficient (Wildman–Crippen LogP) is 6.47. The number of hydrogen-bond acceptors (Lipinski definition) is 3. The molecule has 1 aromatic heterocycles. The molecule has 0 aliphatic carbocycles. The van der Waals surface area contributed by atoms with Crippen molar-refractivity contribution >= 4 is 23.4 Å². The van der Waals surface area contributed by atoms with Crippen LogP contribution in [0.3, 0.4) is 0 Å². The number of aryl methyl sites for hydroxylation is 1. The van der Waals surface area contributed by atoms with Crippen molar-refractivity contribution in [1.82, 2.24) is 14.8 Å². The van der Waals surface area contributed by atoms with Gasteiger partial charge in [0.2, 0.25) is 0 Å². The van der Waals surface area contributed by atoms with Crippen LogP contribution in [0.5, 0.6) is 0 Å². The smallest absolute Gasteiger partial charge is 0.196 e. The first kappa shape index (κ1) is 19.6. The molecule has 7 heteroatoms. The van der Waals surface area contributed by atoms with E-state index in [0.29, 0.717) is 16.0 Å². The zero-order valence-corrected chi connectivity index (χ0v) is 17.0. The van der Waals surface area contributed by atoms with Crippen molar-refractivity contribution < 1.29 is 8.78 Å². The number of nitrogens with zero attached hydrogens (tertiary/aromatic N) is 3. The van der Waals surface area contributed by atoms with E-state index in [4.69, 9.17) is 11.6 Å². The molecule has 0 amide bonds. The zero-order valence-electron chi connectivity index (χ0n) is 15.4. The van der Waals surface area contributed by atoms with E-state index in [1.54, 1.807) is 12.1 Å². The Bertz CT molecular complexity index is 1180. The fourth-order valence-electron chi connectivity index (χ4n) is 3.01. The number of thioether (sulfide) groups is 1. The molecule has 4 aromatic rings. The molecular formula is C22H16ClF2N3S. The standard InChI is InChI=1S/C22H16ClF2N3S/c1-14-7-2-5-12-19(14)28-21(16-9-3-4-10-17(16)23)26-27-22(28)29-13-15-8-6-11-18(24)20(15)25/h2-12H,13H2,1H3. The Hall–Kier alpha value is -2.70. The van der Waals surface area contributed by atoms with Crippen molar-refractivity contribution in [2.24, 2.45) is 0 Å². The van der Waals surface area contributed by atoms with Gasteiger partial charge in [-0.05, 0) is 36.8 Å². The summed E-state index contributed by atoms with van der Waals surface area (Å²) < 4.78 is 29.5. The van der Waals surface area contributed by atoms with Crippen molar-refractivity contribution in [1.29, 1.82) is 0 Å². The molecule has 0 unspecified atom stereocenters. The number of rotatable bonds is 5. The predicted molar refractivity (Wildman–Crippen MR) is 112 cm³/mol. The summed E-state index contributed by atoms with van der Waals surface area (Å²) in [6, 6.07) is 19.4. The van der Waals surface area contributed by atoms with Crippen LogP contribution in [-0.2, 0) is 5.75 Å². The Labute approximate surface area is 176 Å². The second kappa shape index (κ2) is 8.35. The quantitative estimate of drug-likeness (QED) is 0.342. The van der Waals surface area contributed by atoms with Gasteiger partial charge in [0.05, 0.1) is 10.7 Å². The fraction of sp³-hybridized carbons (Fsp3) is 0.0909. The van der Waals surface area contributed by atoms with Crippen LogP contribution in [0.4, 0.5) is 8.78 Å². The van der Waals surface area contributed by atoms with Crippen molar-refractivity contribution in [3.05, 3.63) is 94.5 Å². The first-order valence-corrected chi connectivity index (χ1v) is 10.2. The van der Waals surface area contributed by atoms with Crippen molar-refractivity contribution in [2.75, 3.05) is 0 Å². The van der Waals surface area contributed by atoms with Gasteiger partial charge < -0.3 is 0 Å². The highest BCUT2D eigenvalue weighted by atomic mass is 35.5. The highest BCUT2D eigenvalue weighted by molar-refractivity contribution is 7.98. The van der Waals surface area contributed by atoms with Gasteiger partial charge in [-0.2, -0.15) is 0 Å². The van der Waals surface area contributed by atoms with Crippen LogP contribution in [-0.4, -0.2) is 14.8 Å². The summed E-state index contributed by atoms with van der Waals surface area (Å²) in [5.41, 5.74) is 2.94. The second-order valence-corrected chi connectivity index (χ2v) is 7.76. The summed E-state index contributed by atoms with van der Waals surface area (Å²) in [6.07, 6.45) is 0. The van der Waals surface area contributed by atoms with E-state index in [-0.39, 0.29) is 11.3 Å². The second-order valence-electron chi connectivity index (χ2n) is 6.41. The summed E-state index contributed by atoms with van der Waals surface area (Å²) >= 11 is 7.69. The fourth-order valence-corrected chi connectivity index (χ4v) is 4.15. The molecule has 0 aliphatic rings. The largest absolute Gasteiger partial charge is 0.270 e. The van der Waals surface area contributed by atoms with Gasteiger partial charge in [0.1, 0.15) is 0 Å². The monoisotopic (exact) mass is 427 g/mol. The summed E-state index contributed by atoms with van der Waals surface area (Å²) in [5, 5.41) is 9.80. The molecule has 3 nitrogen and oxygen atoms in total. The molecule has 0 saturated heterocycles. The summed E-state index contributed by atoms with van der Waals surface area (Å²) in [4.78, 5) is 0. The third kappa shape index (κ3) is 3.91. The first-order chi connectivity index (χ1) is 14.1. The van der Waals surface area contributed by atoms with Gasteiger partial charge in [-0.15, -0.1) is 10.2 Å². The molecule has 0 atom stereocenters. The minimum Gasteiger partial charge on any atom is -0.270 e. The van der Waals surface area contributed by atoms with Gasteiger partial charge in [0.15, 0.2) is 22.6 Å². The maximum Gasteiger partial charge on any atom is 0.196 e. The third-order valence-corrected chi connectivity index (χ3v) is 5.80. The van der Waals surface area contributed by atoms with Crippen LogP contribution in [0.2, 0.25) is 5.02 Å². The average molecular weight is 428 g/mol. The Morgan fingerprint density at radius 2 is 1.69 bits per heavy atom. The van der Waals surface area contributed by atoms with E-state index in [0.717, 1.165) is 22.9 Å². The summed E-state index contributed by atoms with van der Waals surface area (Å²) in [5.74, 6) is -0.892. The van der Waals surface area contributed by atoms with Crippen LogP contribution in [0.1, 0.15) is 11.1 Å². The van der Waals surface area contributed by atoms with E-state index in [1.807, 2.05) is 54.0 Å². The lowest BCUT2D eigenvalue weighted by atomic mass is 10.1. The first-order valence-electron chi connectivity index (χ1n) is 8.88. The van der Waals surface area contributed by atoms with Crippen molar-refractivity contribution in [2.45, 2.75) is 17.8 Å². The van der Waals surface area contributed by atoms with Crippen LogP contribution in [0.25, 0.3) is 17.1 Å². The van der Waals surface area contributed by atoms with Gasteiger partial charge in [-0.25, -0.2) is 8.78 Å². The van der Waals surface area contributed by atoms with Gasteiger partial charge in [-0.1, -0.05) is 65.8 Å². The van der Waals surface area contributed by atoms with Crippen molar-refractivity contribution in [3.63, 3.8) is 0 Å². The topological polar surface area (TPSA) is 30.7 Å². The minimum atomic E-state index is -0.861. The van der Waals surface area contributed by atoms with Crippen LogP contribution in [0.15, 0.2) is 71.9 Å². The van der Waals surface area contributed by atoms with Crippen LogP contribution < -0.4 is 0 Å². The molecule has 4 rings (SSSR count). The Morgan fingerprint density at radius 3 is 2.48 bits per heavy atom. The average Bonchev–Trinajstić information content (AvgIpc) is 3.13. The number of aromatic nitrogens is 3. The van der Waals surface area contributed by atoms with E-state index in [1.165, 1.54) is 17.8 Å². The van der Waals surface area contributed by atoms with Crippen LogP contribution >= 0.6 is 23.4 Å². The highest BCUT2D eigenvalue weighted by Gasteiger charge is 2.20. The lowest BCUT2D eigenvalue weighted by Crippen LogP contribution is -2.02. The Balaban J connectivity index is 1.80. The molecule has 0 spiro atoms. The molecule has 0 fully saturated rings. The molecule has 29 heavy (non-hydrogen) atoms. The molecule has 0 radical (unpaired) electrons. The van der Waals surface area contributed by atoms with Gasteiger partial charge >= 0.3 is 0 Å². The number of para-hydroxylation sites is 1. The minimum absolute atomic E-state index is 0.218. The van der Waals surface area contributed by atoms with E-state index in [9.17, 15) is 8.78 Å².